The van der Waals surface area contributed by atoms with Gasteiger partial charge in [0, 0.05) is 0 Å². The number of aliphatic hydroxyl groups excluding tert-OH is 1. The van der Waals surface area contributed by atoms with Crippen molar-refractivity contribution in [3.63, 3.8) is 0 Å². The zero-order valence-electron chi connectivity index (χ0n) is 11.1. The summed E-state index contributed by atoms with van der Waals surface area (Å²) in [7, 11) is 0. The molecule has 90 valence electrons. The average Bonchev–Trinajstić information content (AvgIpc) is 2.05. The van der Waals surface area contributed by atoms with E-state index in [1.165, 1.54) is 0 Å². The topological polar surface area (TPSA) is 37.3 Å². The van der Waals surface area contributed by atoms with Crippen LogP contribution in [0.15, 0.2) is 23.3 Å². The van der Waals surface area contributed by atoms with Gasteiger partial charge in [-0.05, 0) is 28.1 Å². The van der Waals surface area contributed by atoms with Crippen molar-refractivity contribution in [2.45, 2.75) is 47.6 Å². The number of hydrogen-bond donors (Lipinski definition) is 1. The van der Waals surface area contributed by atoms with Crippen LogP contribution in [0.25, 0.3) is 0 Å². The molecule has 16 heavy (non-hydrogen) atoms. The van der Waals surface area contributed by atoms with Crippen LogP contribution in [0.1, 0.15) is 41.5 Å². The lowest BCUT2D eigenvalue weighted by molar-refractivity contribution is -0.121. The fraction of sp³-hybridized carbons (Fsp3) is 0.643. The minimum atomic E-state index is -0.967. The van der Waals surface area contributed by atoms with Crippen LogP contribution in [0.5, 0.6) is 0 Å². The Bertz CT molecular complexity index is 359. The van der Waals surface area contributed by atoms with E-state index < -0.39 is 6.10 Å². The minimum absolute atomic E-state index is 0.0632. The van der Waals surface area contributed by atoms with E-state index in [0.717, 1.165) is 11.1 Å². The van der Waals surface area contributed by atoms with E-state index >= 15 is 0 Å². The summed E-state index contributed by atoms with van der Waals surface area (Å²) in [6, 6.07) is 0. The molecule has 0 fully saturated rings. The molecule has 1 rings (SSSR count). The van der Waals surface area contributed by atoms with Crippen molar-refractivity contribution in [2.75, 3.05) is 0 Å². The van der Waals surface area contributed by atoms with Crippen LogP contribution in [0.2, 0.25) is 0 Å². The van der Waals surface area contributed by atoms with E-state index in [9.17, 15) is 9.90 Å². The van der Waals surface area contributed by atoms with Gasteiger partial charge in [0.2, 0.25) is 0 Å². The van der Waals surface area contributed by atoms with Crippen molar-refractivity contribution >= 4 is 5.78 Å². The van der Waals surface area contributed by atoms with Gasteiger partial charge in [-0.25, -0.2) is 0 Å². The highest BCUT2D eigenvalue weighted by molar-refractivity contribution is 5.98. The Balaban J connectivity index is 3.23. The van der Waals surface area contributed by atoms with Crippen molar-refractivity contribution in [3.8, 4) is 0 Å². The Morgan fingerprint density at radius 2 is 1.50 bits per heavy atom. The molecule has 2 nitrogen and oxygen atoms in total. The monoisotopic (exact) mass is 222 g/mol. The smallest absolute Gasteiger partial charge is 0.188 e. The van der Waals surface area contributed by atoms with E-state index in [1.54, 1.807) is 6.08 Å². The molecule has 1 atom stereocenters. The number of aliphatic hydroxyl groups is 1. The van der Waals surface area contributed by atoms with Gasteiger partial charge in [0.05, 0.1) is 0 Å². The third kappa shape index (κ3) is 2.62. The molecule has 1 unspecified atom stereocenters. The predicted molar refractivity (Wildman–Crippen MR) is 66.1 cm³/mol. The highest BCUT2D eigenvalue weighted by Crippen LogP contribution is 2.37. The Morgan fingerprint density at radius 3 is 1.88 bits per heavy atom. The van der Waals surface area contributed by atoms with Gasteiger partial charge in [0.25, 0.3) is 0 Å². The molecular formula is C14H22O2. The van der Waals surface area contributed by atoms with Crippen molar-refractivity contribution in [1.82, 2.24) is 0 Å². The molecule has 0 aromatic rings. The number of allylic oxidation sites excluding steroid dienone is 2. The van der Waals surface area contributed by atoms with Crippen LogP contribution in [-0.4, -0.2) is 17.0 Å². The first-order valence-corrected chi connectivity index (χ1v) is 5.69. The van der Waals surface area contributed by atoms with Crippen molar-refractivity contribution in [3.05, 3.63) is 23.3 Å². The molecule has 0 bridgehead atoms. The van der Waals surface area contributed by atoms with Gasteiger partial charge in [0.1, 0.15) is 6.10 Å². The van der Waals surface area contributed by atoms with Crippen LogP contribution in [0.4, 0.5) is 0 Å². The lowest BCUT2D eigenvalue weighted by Crippen LogP contribution is -2.32. The number of rotatable bonds is 0. The highest BCUT2D eigenvalue weighted by atomic mass is 16.3. The largest absolute Gasteiger partial charge is 0.380 e. The van der Waals surface area contributed by atoms with E-state index in [-0.39, 0.29) is 16.6 Å². The number of ketones is 1. The predicted octanol–water partition coefficient (Wildman–Crippen LogP) is 2.88. The third-order valence-electron chi connectivity index (χ3n) is 2.90. The molecule has 1 aliphatic carbocycles. The Morgan fingerprint density at radius 1 is 1.00 bits per heavy atom. The average molecular weight is 222 g/mol. The fourth-order valence-corrected chi connectivity index (χ4v) is 1.73. The molecule has 0 aromatic heterocycles. The second kappa shape index (κ2) is 3.85. The zero-order valence-corrected chi connectivity index (χ0v) is 11.1. The summed E-state index contributed by atoms with van der Waals surface area (Å²) in [6.45, 7) is 12.3. The van der Waals surface area contributed by atoms with Crippen LogP contribution in [0, 0.1) is 10.8 Å². The Labute approximate surface area is 98.1 Å². The maximum atomic E-state index is 11.7. The lowest BCUT2D eigenvalue weighted by Gasteiger charge is -2.32. The zero-order chi connectivity index (χ0) is 12.7. The number of carbonyl (C=O) groups is 1. The van der Waals surface area contributed by atoms with Gasteiger partial charge in [-0.1, -0.05) is 47.6 Å². The summed E-state index contributed by atoms with van der Waals surface area (Å²) in [4.78, 5) is 11.7. The van der Waals surface area contributed by atoms with E-state index in [1.807, 2.05) is 26.8 Å². The lowest BCUT2D eigenvalue weighted by atomic mass is 9.74. The molecule has 0 saturated heterocycles. The Kier molecular flexibility index (Phi) is 3.17. The summed E-state index contributed by atoms with van der Waals surface area (Å²) in [5.41, 5.74) is 1.56. The molecule has 0 aromatic carbocycles. The molecular weight excluding hydrogens is 200 g/mol. The van der Waals surface area contributed by atoms with Gasteiger partial charge >= 0.3 is 0 Å². The molecule has 2 heteroatoms. The summed E-state index contributed by atoms with van der Waals surface area (Å²) >= 11 is 0. The van der Waals surface area contributed by atoms with E-state index in [4.69, 9.17) is 0 Å². The van der Waals surface area contributed by atoms with Crippen molar-refractivity contribution in [1.29, 1.82) is 0 Å². The van der Waals surface area contributed by atoms with E-state index in [0.29, 0.717) is 0 Å². The SMILES string of the molecule is CC(C)(C)C1=CC(=O)C(O)C(C(C)(C)C)=C1. The van der Waals surface area contributed by atoms with Crippen LogP contribution < -0.4 is 0 Å². The molecule has 0 spiro atoms. The van der Waals surface area contributed by atoms with Gasteiger partial charge in [0.15, 0.2) is 5.78 Å². The third-order valence-corrected chi connectivity index (χ3v) is 2.90. The fourth-order valence-electron chi connectivity index (χ4n) is 1.73. The quantitative estimate of drug-likeness (QED) is 0.684. The minimum Gasteiger partial charge on any atom is -0.380 e. The van der Waals surface area contributed by atoms with Gasteiger partial charge in [-0.15, -0.1) is 0 Å². The summed E-state index contributed by atoms with van der Waals surface area (Å²) in [6.07, 6.45) is 2.58. The number of carbonyl (C=O) groups excluding carboxylic acids is 1. The second-order valence-corrected chi connectivity index (χ2v) is 6.50. The first-order chi connectivity index (χ1) is 7.03. The molecule has 0 saturated carbocycles. The summed E-state index contributed by atoms with van der Waals surface area (Å²) < 4.78 is 0. The van der Waals surface area contributed by atoms with Crippen molar-refractivity contribution < 1.29 is 9.90 Å². The molecule has 0 radical (unpaired) electrons. The van der Waals surface area contributed by atoms with Gasteiger partial charge in [-0.2, -0.15) is 0 Å². The molecule has 1 aliphatic rings. The van der Waals surface area contributed by atoms with Crippen LogP contribution >= 0.6 is 0 Å². The first-order valence-electron chi connectivity index (χ1n) is 5.69. The maximum Gasteiger partial charge on any atom is 0.188 e. The first kappa shape index (κ1) is 13.2. The Hall–Kier alpha value is -0.890. The normalized spacial score (nSPS) is 22.9. The van der Waals surface area contributed by atoms with Crippen LogP contribution in [0.3, 0.4) is 0 Å². The highest BCUT2D eigenvalue weighted by Gasteiger charge is 2.33. The second-order valence-electron chi connectivity index (χ2n) is 6.50. The van der Waals surface area contributed by atoms with Crippen LogP contribution in [-0.2, 0) is 4.79 Å². The molecule has 0 amide bonds. The maximum absolute atomic E-state index is 11.7. The van der Waals surface area contributed by atoms with Gasteiger partial charge in [-0.3, -0.25) is 4.79 Å². The van der Waals surface area contributed by atoms with Crippen molar-refractivity contribution in [2.24, 2.45) is 10.8 Å². The van der Waals surface area contributed by atoms with E-state index in [2.05, 4.69) is 20.8 Å². The standard InChI is InChI=1S/C14H22O2/c1-13(2,3)9-7-10(14(4,5)6)12(16)11(15)8-9/h7-8,12,16H,1-6H3. The summed E-state index contributed by atoms with van der Waals surface area (Å²) in [5.74, 6) is -0.197. The molecule has 0 heterocycles. The summed E-state index contributed by atoms with van der Waals surface area (Å²) in [5, 5.41) is 9.89. The molecule has 1 N–H and O–H groups in total. The van der Waals surface area contributed by atoms with Gasteiger partial charge < -0.3 is 5.11 Å². The molecule has 0 aliphatic heterocycles. The number of hydrogen-bond acceptors (Lipinski definition) is 2.